The number of carboxylic acids is 1. The van der Waals surface area contributed by atoms with Crippen LogP contribution in [0, 0.1) is 0 Å². The van der Waals surface area contributed by atoms with Crippen molar-refractivity contribution in [1.29, 1.82) is 0 Å². The quantitative estimate of drug-likeness (QED) is 0.645. The summed E-state index contributed by atoms with van der Waals surface area (Å²) < 4.78 is 28.7. The van der Waals surface area contributed by atoms with Crippen LogP contribution in [0.5, 0.6) is 5.75 Å². The largest absolute Gasteiger partial charge is 0.487 e. The van der Waals surface area contributed by atoms with Crippen LogP contribution in [-0.2, 0) is 9.59 Å². The standard InChI is InChI=1S/C11H8ClF2NO4/c12-11(13,14)19-8-3-1-7(2-4-8)15-9(16)5-6-10(17)18/h1-6H,(H,15,16)(H,17,18). The fourth-order valence-corrected chi connectivity index (χ4v) is 1.16. The maximum absolute atomic E-state index is 12.3. The van der Waals surface area contributed by atoms with Crippen molar-refractivity contribution < 1.29 is 28.2 Å². The summed E-state index contributed by atoms with van der Waals surface area (Å²) in [5, 5.41) is 10.6. The first-order valence-electron chi connectivity index (χ1n) is 4.84. The van der Waals surface area contributed by atoms with Gasteiger partial charge in [-0.25, -0.2) is 4.79 Å². The fourth-order valence-electron chi connectivity index (χ4n) is 1.07. The minimum absolute atomic E-state index is 0.181. The molecule has 0 atom stereocenters. The average molecular weight is 292 g/mol. The average Bonchev–Trinajstić information content (AvgIpc) is 2.27. The van der Waals surface area contributed by atoms with E-state index in [-0.39, 0.29) is 11.4 Å². The summed E-state index contributed by atoms with van der Waals surface area (Å²) in [6.45, 7) is 0. The number of rotatable bonds is 5. The van der Waals surface area contributed by atoms with Crippen molar-refractivity contribution in [2.45, 2.75) is 5.57 Å². The molecule has 1 aromatic rings. The van der Waals surface area contributed by atoms with Crippen molar-refractivity contribution in [3.8, 4) is 5.75 Å². The van der Waals surface area contributed by atoms with Gasteiger partial charge in [0.2, 0.25) is 5.91 Å². The Morgan fingerprint density at radius 1 is 1.26 bits per heavy atom. The van der Waals surface area contributed by atoms with E-state index in [0.29, 0.717) is 6.08 Å². The van der Waals surface area contributed by atoms with Crippen LogP contribution < -0.4 is 10.1 Å². The zero-order valence-corrected chi connectivity index (χ0v) is 10.0. The molecule has 5 nitrogen and oxygen atoms in total. The van der Waals surface area contributed by atoms with Gasteiger partial charge in [0.05, 0.1) is 0 Å². The Morgan fingerprint density at radius 3 is 2.32 bits per heavy atom. The lowest BCUT2D eigenvalue weighted by molar-refractivity contribution is -0.131. The smallest absolute Gasteiger partial charge is 0.478 e. The number of amides is 1. The van der Waals surface area contributed by atoms with Gasteiger partial charge in [0, 0.05) is 29.4 Å². The topological polar surface area (TPSA) is 75.6 Å². The lowest BCUT2D eigenvalue weighted by Crippen LogP contribution is -2.15. The highest BCUT2D eigenvalue weighted by Crippen LogP contribution is 2.25. The van der Waals surface area contributed by atoms with Crippen molar-refractivity contribution in [3.05, 3.63) is 36.4 Å². The molecule has 0 radical (unpaired) electrons. The lowest BCUT2D eigenvalue weighted by atomic mass is 10.3. The van der Waals surface area contributed by atoms with Crippen LogP contribution in [0.3, 0.4) is 0 Å². The zero-order chi connectivity index (χ0) is 14.5. The Morgan fingerprint density at radius 2 is 1.84 bits per heavy atom. The number of halogens is 3. The summed E-state index contributed by atoms with van der Waals surface area (Å²) in [5.74, 6) is -2.11. The monoisotopic (exact) mass is 291 g/mol. The molecule has 0 saturated carbocycles. The molecule has 0 unspecified atom stereocenters. The highest BCUT2D eigenvalue weighted by molar-refractivity contribution is 6.20. The molecule has 0 aliphatic carbocycles. The molecule has 102 valence electrons. The van der Waals surface area contributed by atoms with E-state index >= 15 is 0 Å². The molecule has 0 aliphatic rings. The molecule has 1 aromatic carbocycles. The Hall–Kier alpha value is -2.15. The van der Waals surface area contributed by atoms with E-state index < -0.39 is 17.4 Å². The van der Waals surface area contributed by atoms with Gasteiger partial charge in [0.25, 0.3) is 0 Å². The van der Waals surface area contributed by atoms with Gasteiger partial charge in [-0.15, -0.1) is 8.78 Å². The number of benzene rings is 1. The van der Waals surface area contributed by atoms with Gasteiger partial charge in [0.15, 0.2) is 0 Å². The number of aliphatic carboxylic acids is 1. The molecule has 8 heteroatoms. The third-order valence-corrected chi connectivity index (χ3v) is 1.81. The molecule has 0 aliphatic heterocycles. The first-order chi connectivity index (χ1) is 8.76. The Bertz CT molecular complexity index is 496. The summed E-state index contributed by atoms with van der Waals surface area (Å²) in [5.41, 5.74) is -3.53. The minimum atomic E-state index is -3.81. The summed E-state index contributed by atoms with van der Waals surface area (Å²) in [6.07, 6.45) is 1.49. The lowest BCUT2D eigenvalue weighted by Gasteiger charge is -2.10. The van der Waals surface area contributed by atoms with Crippen LogP contribution in [-0.4, -0.2) is 22.6 Å². The van der Waals surface area contributed by atoms with Gasteiger partial charge in [-0.1, -0.05) is 0 Å². The van der Waals surface area contributed by atoms with Gasteiger partial charge in [-0.3, -0.25) is 4.79 Å². The van der Waals surface area contributed by atoms with Crippen LogP contribution in [0.15, 0.2) is 36.4 Å². The predicted molar refractivity (Wildman–Crippen MR) is 63.3 cm³/mol. The number of hydrogen-bond acceptors (Lipinski definition) is 3. The maximum atomic E-state index is 12.3. The van der Waals surface area contributed by atoms with Gasteiger partial charge >= 0.3 is 11.5 Å². The normalized spacial score (nSPS) is 11.3. The first-order valence-corrected chi connectivity index (χ1v) is 5.22. The van der Waals surface area contributed by atoms with Gasteiger partial charge in [-0.2, -0.15) is 0 Å². The molecule has 1 rings (SSSR count). The molecule has 0 heterocycles. The highest BCUT2D eigenvalue weighted by Gasteiger charge is 2.27. The van der Waals surface area contributed by atoms with Gasteiger partial charge < -0.3 is 15.2 Å². The number of nitrogens with one attached hydrogen (secondary N) is 1. The molecule has 0 fully saturated rings. The molecule has 0 bridgehead atoms. The second-order valence-electron chi connectivity index (χ2n) is 3.23. The summed E-state index contributed by atoms with van der Waals surface area (Å²) in [4.78, 5) is 21.4. The fraction of sp³-hybridized carbons (Fsp3) is 0.0909. The molecular weight excluding hydrogens is 284 g/mol. The molecular formula is C11H8ClF2NO4. The van der Waals surface area contributed by atoms with E-state index in [9.17, 15) is 18.4 Å². The molecule has 0 spiro atoms. The van der Waals surface area contributed by atoms with E-state index in [1.807, 2.05) is 0 Å². The SMILES string of the molecule is O=C(O)C=CC(=O)Nc1ccc(OC(F)(F)Cl)cc1. The maximum Gasteiger partial charge on any atom is 0.487 e. The highest BCUT2D eigenvalue weighted by atomic mass is 35.5. The van der Waals surface area contributed by atoms with Crippen molar-refractivity contribution in [2.24, 2.45) is 0 Å². The number of carboxylic acid groups (broad SMARTS) is 1. The van der Waals surface area contributed by atoms with Gasteiger partial charge in [0.1, 0.15) is 5.75 Å². The minimum Gasteiger partial charge on any atom is -0.478 e. The third-order valence-electron chi connectivity index (χ3n) is 1.73. The van der Waals surface area contributed by atoms with E-state index in [4.69, 9.17) is 5.11 Å². The molecule has 19 heavy (non-hydrogen) atoms. The van der Waals surface area contributed by atoms with E-state index in [1.165, 1.54) is 24.3 Å². The molecule has 0 aromatic heterocycles. The molecule has 0 saturated heterocycles. The van der Waals surface area contributed by atoms with Crippen molar-refractivity contribution in [1.82, 2.24) is 0 Å². The van der Waals surface area contributed by atoms with Crippen LogP contribution in [0.4, 0.5) is 14.5 Å². The summed E-state index contributed by atoms with van der Waals surface area (Å²) in [6, 6.07) is 4.94. The van der Waals surface area contributed by atoms with Crippen molar-refractivity contribution in [3.63, 3.8) is 0 Å². The number of ether oxygens (including phenoxy) is 1. The second kappa shape index (κ2) is 6.14. The second-order valence-corrected chi connectivity index (χ2v) is 3.67. The number of alkyl halides is 3. The Kier molecular flexibility index (Phi) is 4.82. The van der Waals surface area contributed by atoms with Crippen molar-refractivity contribution in [2.75, 3.05) is 5.32 Å². The first kappa shape index (κ1) is 14.9. The van der Waals surface area contributed by atoms with Crippen LogP contribution in [0.25, 0.3) is 0 Å². The van der Waals surface area contributed by atoms with Crippen molar-refractivity contribution >= 4 is 29.2 Å². The van der Waals surface area contributed by atoms with Crippen LogP contribution in [0.1, 0.15) is 0 Å². The number of anilines is 1. The Balaban J connectivity index is 2.62. The van der Waals surface area contributed by atoms with Crippen LogP contribution >= 0.6 is 11.6 Å². The van der Waals surface area contributed by atoms with E-state index in [0.717, 1.165) is 6.08 Å². The molecule has 2 N–H and O–H groups in total. The Labute approximate surface area is 111 Å². The number of carbonyl (C=O) groups is 2. The van der Waals surface area contributed by atoms with E-state index in [1.54, 1.807) is 0 Å². The number of hydrogen-bond donors (Lipinski definition) is 2. The van der Waals surface area contributed by atoms with Crippen LogP contribution in [0.2, 0.25) is 0 Å². The third kappa shape index (κ3) is 6.37. The van der Waals surface area contributed by atoms with E-state index in [2.05, 4.69) is 21.7 Å². The zero-order valence-electron chi connectivity index (χ0n) is 9.27. The summed E-state index contributed by atoms with van der Waals surface area (Å²) in [7, 11) is 0. The molecule has 1 amide bonds. The number of carbonyl (C=O) groups excluding carboxylic acids is 1. The predicted octanol–water partition coefficient (Wildman–Crippen LogP) is 2.43. The van der Waals surface area contributed by atoms with Gasteiger partial charge in [-0.05, 0) is 24.3 Å². The summed E-state index contributed by atoms with van der Waals surface area (Å²) >= 11 is 4.57.